The highest BCUT2D eigenvalue weighted by atomic mass is 16.2. The molecular weight excluding hydrogens is 374 g/mol. The number of carbonyl (C=O) groups is 2. The quantitative estimate of drug-likeness (QED) is 0.686. The lowest BCUT2D eigenvalue weighted by Gasteiger charge is -2.29. The van der Waals surface area contributed by atoms with Gasteiger partial charge in [0.15, 0.2) is 0 Å². The third-order valence-corrected chi connectivity index (χ3v) is 5.57. The van der Waals surface area contributed by atoms with Crippen LogP contribution >= 0.6 is 0 Å². The molecule has 30 heavy (non-hydrogen) atoms. The molecule has 5 nitrogen and oxygen atoms in total. The Morgan fingerprint density at radius 1 is 1.10 bits per heavy atom. The summed E-state index contributed by atoms with van der Waals surface area (Å²) in [5, 5.41) is 2.98. The largest absolute Gasteiger partial charge is 0.320 e. The summed E-state index contributed by atoms with van der Waals surface area (Å²) in [6.07, 6.45) is 4.24. The van der Waals surface area contributed by atoms with Gasteiger partial charge in [0.25, 0.3) is 11.8 Å². The lowest BCUT2D eigenvalue weighted by molar-refractivity contribution is 0.0985. The number of fused-ring (bicyclic) bond motifs is 1. The molecule has 0 radical (unpaired) electrons. The SMILES string of the molecule is CCc1cccc(C)c1NC(=O)c1cc(C(=O)N2CCCc3ccccc32)ccn1. The first-order chi connectivity index (χ1) is 14.6. The number of para-hydroxylation sites is 2. The van der Waals surface area contributed by atoms with Crippen LogP contribution in [0.4, 0.5) is 11.4 Å². The van der Waals surface area contributed by atoms with Crippen LogP contribution in [0.15, 0.2) is 60.8 Å². The van der Waals surface area contributed by atoms with Gasteiger partial charge in [-0.15, -0.1) is 0 Å². The van der Waals surface area contributed by atoms with Crippen LogP contribution in [0.2, 0.25) is 0 Å². The van der Waals surface area contributed by atoms with Crippen LogP contribution in [0.3, 0.4) is 0 Å². The van der Waals surface area contributed by atoms with Gasteiger partial charge in [0.2, 0.25) is 0 Å². The molecule has 4 rings (SSSR count). The molecule has 5 heteroatoms. The van der Waals surface area contributed by atoms with E-state index in [4.69, 9.17) is 0 Å². The molecule has 0 saturated heterocycles. The fourth-order valence-corrected chi connectivity index (χ4v) is 3.97. The van der Waals surface area contributed by atoms with Crippen molar-refractivity contribution in [3.05, 3.63) is 88.7 Å². The summed E-state index contributed by atoms with van der Waals surface area (Å²) in [5.74, 6) is -0.420. The Kier molecular flexibility index (Phi) is 5.61. The maximum absolute atomic E-state index is 13.2. The second-order valence-electron chi connectivity index (χ2n) is 7.54. The molecule has 0 fully saturated rings. The van der Waals surface area contributed by atoms with Gasteiger partial charge in [-0.1, -0.05) is 43.3 Å². The van der Waals surface area contributed by atoms with E-state index in [0.29, 0.717) is 12.1 Å². The van der Waals surface area contributed by atoms with E-state index in [0.717, 1.165) is 41.8 Å². The average Bonchev–Trinajstić information content (AvgIpc) is 2.79. The van der Waals surface area contributed by atoms with Crippen LogP contribution in [0.1, 0.15) is 50.9 Å². The van der Waals surface area contributed by atoms with E-state index in [1.165, 1.54) is 11.8 Å². The monoisotopic (exact) mass is 399 g/mol. The van der Waals surface area contributed by atoms with Crippen molar-refractivity contribution in [1.29, 1.82) is 0 Å². The summed E-state index contributed by atoms with van der Waals surface area (Å²) < 4.78 is 0. The van der Waals surface area contributed by atoms with E-state index >= 15 is 0 Å². The molecule has 0 spiro atoms. The van der Waals surface area contributed by atoms with Crippen molar-refractivity contribution in [2.75, 3.05) is 16.8 Å². The van der Waals surface area contributed by atoms with Crippen molar-refractivity contribution in [3.8, 4) is 0 Å². The van der Waals surface area contributed by atoms with Crippen LogP contribution in [0, 0.1) is 6.92 Å². The topological polar surface area (TPSA) is 62.3 Å². The molecule has 2 amide bonds. The van der Waals surface area contributed by atoms with Crippen LogP contribution in [-0.4, -0.2) is 23.3 Å². The molecular formula is C25H25N3O2. The number of anilines is 2. The van der Waals surface area contributed by atoms with Gasteiger partial charge in [-0.2, -0.15) is 0 Å². The molecule has 1 aliphatic rings. The number of nitrogens with zero attached hydrogens (tertiary/aromatic N) is 2. The van der Waals surface area contributed by atoms with Gasteiger partial charge in [0, 0.05) is 29.7 Å². The lowest BCUT2D eigenvalue weighted by atomic mass is 10.0. The van der Waals surface area contributed by atoms with Crippen molar-refractivity contribution in [2.24, 2.45) is 0 Å². The molecule has 0 saturated carbocycles. The second kappa shape index (κ2) is 8.49. The Labute approximate surface area is 176 Å². The number of hydrogen-bond donors (Lipinski definition) is 1. The van der Waals surface area contributed by atoms with Gasteiger partial charge < -0.3 is 10.2 Å². The van der Waals surface area contributed by atoms with Crippen LogP contribution in [-0.2, 0) is 12.8 Å². The number of aromatic nitrogens is 1. The van der Waals surface area contributed by atoms with Crippen molar-refractivity contribution >= 4 is 23.2 Å². The van der Waals surface area contributed by atoms with Gasteiger partial charge in [0.05, 0.1) is 0 Å². The first kappa shape index (κ1) is 19.8. The third-order valence-electron chi connectivity index (χ3n) is 5.57. The minimum absolute atomic E-state index is 0.108. The second-order valence-corrected chi connectivity index (χ2v) is 7.54. The van der Waals surface area contributed by atoms with E-state index in [9.17, 15) is 9.59 Å². The van der Waals surface area contributed by atoms with Gasteiger partial charge in [-0.3, -0.25) is 14.6 Å². The zero-order valence-corrected chi connectivity index (χ0v) is 17.3. The minimum atomic E-state index is -0.312. The summed E-state index contributed by atoms with van der Waals surface area (Å²) >= 11 is 0. The molecule has 0 bridgehead atoms. The maximum atomic E-state index is 13.2. The van der Waals surface area contributed by atoms with Gasteiger partial charge in [-0.25, -0.2) is 0 Å². The van der Waals surface area contributed by atoms with Crippen molar-refractivity contribution in [3.63, 3.8) is 0 Å². The van der Waals surface area contributed by atoms with Crippen molar-refractivity contribution < 1.29 is 9.59 Å². The van der Waals surface area contributed by atoms with Gasteiger partial charge >= 0.3 is 0 Å². The first-order valence-corrected chi connectivity index (χ1v) is 10.3. The molecule has 2 heterocycles. The van der Waals surface area contributed by atoms with E-state index in [1.807, 2.05) is 43.3 Å². The van der Waals surface area contributed by atoms with Crippen molar-refractivity contribution in [2.45, 2.75) is 33.1 Å². The highest BCUT2D eigenvalue weighted by Gasteiger charge is 2.24. The van der Waals surface area contributed by atoms with E-state index in [-0.39, 0.29) is 17.5 Å². The predicted octanol–water partition coefficient (Wildman–Crippen LogP) is 4.80. The first-order valence-electron chi connectivity index (χ1n) is 10.3. The molecule has 152 valence electrons. The van der Waals surface area contributed by atoms with E-state index in [2.05, 4.69) is 23.3 Å². The number of aryl methyl sites for hydroxylation is 3. The molecule has 0 atom stereocenters. The number of benzene rings is 2. The molecule has 3 aromatic rings. The molecule has 1 N–H and O–H groups in total. The molecule has 0 unspecified atom stereocenters. The highest BCUT2D eigenvalue weighted by Crippen LogP contribution is 2.28. The van der Waals surface area contributed by atoms with E-state index < -0.39 is 0 Å². The zero-order chi connectivity index (χ0) is 21.1. The lowest BCUT2D eigenvalue weighted by Crippen LogP contribution is -2.35. The van der Waals surface area contributed by atoms with Crippen LogP contribution < -0.4 is 10.2 Å². The fraction of sp³-hybridized carbons (Fsp3) is 0.240. The van der Waals surface area contributed by atoms with Crippen LogP contribution in [0.25, 0.3) is 0 Å². The Morgan fingerprint density at radius 2 is 1.93 bits per heavy atom. The number of carbonyl (C=O) groups excluding carboxylic acids is 2. The summed E-state index contributed by atoms with van der Waals surface area (Å²) in [5.41, 5.74) is 5.71. The van der Waals surface area contributed by atoms with Crippen molar-refractivity contribution in [1.82, 2.24) is 4.98 Å². The summed E-state index contributed by atoms with van der Waals surface area (Å²) in [4.78, 5) is 32.1. The van der Waals surface area contributed by atoms with Gasteiger partial charge in [-0.05, 0) is 61.1 Å². The Bertz CT molecular complexity index is 1110. The summed E-state index contributed by atoms with van der Waals surface area (Å²) in [6.45, 7) is 4.69. The molecule has 2 aromatic carbocycles. The molecule has 1 aromatic heterocycles. The third kappa shape index (κ3) is 3.83. The Hall–Kier alpha value is -3.47. The maximum Gasteiger partial charge on any atom is 0.274 e. The number of amides is 2. The number of hydrogen-bond acceptors (Lipinski definition) is 3. The smallest absolute Gasteiger partial charge is 0.274 e. The molecule has 0 aliphatic carbocycles. The van der Waals surface area contributed by atoms with E-state index in [1.54, 1.807) is 17.0 Å². The molecule has 1 aliphatic heterocycles. The Morgan fingerprint density at radius 3 is 2.77 bits per heavy atom. The standard InChI is InChI=1S/C25H25N3O2/c1-3-18-10-6-8-17(2)23(18)27-24(29)21-16-20(13-14-26-21)25(30)28-15-7-11-19-9-4-5-12-22(19)28/h4-6,8-10,12-14,16H,3,7,11,15H2,1-2H3,(H,27,29). The highest BCUT2D eigenvalue weighted by molar-refractivity contribution is 6.09. The Balaban J connectivity index is 1.59. The summed E-state index contributed by atoms with van der Waals surface area (Å²) in [6, 6.07) is 17.2. The van der Waals surface area contributed by atoms with Gasteiger partial charge in [0.1, 0.15) is 5.69 Å². The normalized spacial score (nSPS) is 12.9. The number of rotatable bonds is 4. The minimum Gasteiger partial charge on any atom is -0.320 e. The number of pyridine rings is 1. The number of nitrogens with one attached hydrogen (secondary N) is 1. The summed E-state index contributed by atoms with van der Waals surface area (Å²) in [7, 11) is 0. The average molecular weight is 399 g/mol. The van der Waals surface area contributed by atoms with Crippen LogP contribution in [0.5, 0.6) is 0 Å². The predicted molar refractivity (Wildman–Crippen MR) is 119 cm³/mol. The zero-order valence-electron chi connectivity index (χ0n) is 17.3. The fourth-order valence-electron chi connectivity index (χ4n) is 3.97.